The van der Waals surface area contributed by atoms with Gasteiger partial charge in [0.2, 0.25) is 0 Å². The molecule has 108 valence electrons. The summed E-state index contributed by atoms with van der Waals surface area (Å²) in [5, 5.41) is 4.84. The van der Waals surface area contributed by atoms with Crippen molar-refractivity contribution in [1.82, 2.24) is 4.98 Å². The maximum absolute atomic E-state index is 13.8. The van der Waals surface area contributed by atoms with Crippen LogP contribution in [0.25, 0.3) is 10.2 Å². The smallest absolute Gasteiger partial charge is 0.150 e. The van der Waals surface area contributed by atoms with Crippen LogP contribution in [0.4, 0.5) is 14.5 Å². The van der Waals surface area contributed by atoms with Crippen LogP contribution in [-0.2, 0) is 0 Å². The number of thiophene rings is 1. The Labute approximate surface area is 133 Å². The van der Waals surface area contributed by atoms with E-state index in [1.807, 2.05) is 24.4 Å². The highest BCUT2D eigenvalue weighted by molar-refractivity contribution is 9.10. The van der Waals surface area contributed by atoms with Crippen molar-refractivity contribution in [1.29, 1.82) is 0 Å². The molecular weight excluding hydrogens is 358 g/mol. The van der Waals surface area contributed by atoms with Crippen molar-refractivity contribution >= 4 is 43.2 Å². The fourth-order valence-electron chi connectivity index (χ4n) is 2.08. The largest absolute Gasteiger partial charge is 0.374 e. The summed E-state index contributed by atoms with van der Waals surface area (Å²) in [5.41, 5.74) is 1.68. The van der Waals surface area contributed by atoms with Crippen LogP contribution < -0.4 is 5.32 Å². The Hall–Kier alpha value is -1.53. The van der Waals surface area contributed by atoms with Gasteiger partial charge in [-0.15, -0.1) is 11.3 Å². The monoisotopic (exact) mass is 368 g/mol. The van der Waals surface area contributed by atoms with Crippen molar-refractivity contribution in [3.05, 3.63) is 57.5 Å². The fourth-order valence-corrected chi connectivity index (χ4v) is 3.27. The first-order valence-corrected chi connectivity index (χ1v) is 7.96. The third-order valence-corrected chi connectivity index (χ3v) is 4.50. The third kappa shape index (κ3) is 2.91. The average Bonchev–Trinajstić information content (AvgIpc) is 2.89. The van der Waals surface area contributed by atoms with E-state index in [0.717, 1.165) is 15.8 Å². The molecule has 0 spiro atoms. The maximum Gasteiger partial charge on any atom is 0.150 e. The first-order valence-electron chi connectivity index (χ1n) is 6.29. The van der Waals surface area contributed by atoms with E-state index in [1.54, 1.807) is 17.5 Å². The minimum atomic E-state index is -0.626. The molecule has 0 aliphatic carbocycles. The average molecular weight is 369 g/mol. The topological polar surface area (TPSA) is 24.9 Å². The molecule has 0 saturated heterocycles. The molecule has 3 aromatic rings. The van der Waals surface area contributed by atoms with Gasteiger partial charge in [-0.2, -0.15) is 0 Å². The van der Waals surface area contributed by atoms with Crippen molar-refractivity contribution in [2.24, 2.45) is 0 Å². The molecule has 21 heavy (non-hydrogen) atoms. The number of anilines is 1. The number of aromatic nitrogens is 1. The van der Waals surface area contributed by atoms with E-state index in [9.17, 15) is 8.78 Å². The second-order valence-electron chi connectivity index (χ2n) is 4.68. The molecule has 1 N–H and O–H groups in total. The molecule has 2 aromatic heterocycles. The Balaban J connectivity index is 1.90. The van der Waals surface area contributed by atoms with Gasteiger partial charge in [0.1, 0.15) is 17.3 Å². The molecular formula is C15H11BrF2N2S. The lowest BCUT2D eigenvalue weighted by Gasteiger charge is -2.17. The van der Waals surface area contributed by atoms with Crippen LogP contribution in [0.2, 0.25) is 0 Å². The quantitative estimate of drug-likeness (QED) is 0.659. The number of hydrogen-bond donors (Lipinski definition) is 1. The highest BCUT2D eigenvalue weighted by Gasteiger charge is 2.15. The zero-order valence-electron chi connectivity index (χ0n) is 11.0. The number of halogens is 3. The summed E-state index contributed by atoms with van der Waals surface area (Å²) in [7, 11) is 0. The van der Waals surface area contributed by atoms with Gasteiger partial charge in [-0.3, -0.25) is 4.98 Å². The minimum Gasteiger partial charge on any atom is -0.374 e. The normalized spacial score (nSPS) is 12.6. The number of benzene rings is 1. The van der Waals surface area contributed by atoms with Gasteiger partial charge in [0.15, 0.2) is 0 Å². The molecule has 0 radical (unpaired) electrons. The number of rotatable bonds is 3. The van der Waals surface area contributed by atoms with Crippen molar-refractivity contribution in [3.63, 3.8) is 0 Å². The van der Waals surface area contributed by atoms with Crippen molar-refractivity contribution < 1.29 is 8.78 Å². The Morgan fingerprint density at radius 2 is 1.95 bits per heavy atom. The third-order valence-electron chi connectivity index (χ3n) is 3.19. The summed E-state index contributed by atoms with van der Waals surface area (Å²) >= 11 is 4.65. The summed E-state index contributed by atoms with van der Waals surface area (Å²) < 4.78 is 29.1. The summed E-state index contributed by atoms with van der Waals surface area (Å²) in [5.74, 6) is -1.25. The van der Waals surface area contributed by atoms with Crippen LogP contribution in [0.5, 0.6) is 0 Å². The number of hydrogen-bond acceptors (Lipinski definition) is 3. The second-order valence-corrected chi connectivity index (χ2v) is 6.55. The van der Waals surface area contributed by atoms with Crippen molar-refractivity contribution in [2.75, 3.05) is 5.32 Å². The Morgan fingerprint density at radius 1 is 1.24 bits per heavy atom. The molecule has 2 nitrogen and oxygen atoms in total. The SMILES string of the molecule is CC(Nc1c(F)cc(Br)cc1F)c1cnc2ccsc2c1. The van der Waals surface area contributed by atoms with Gasteiger partial charge in [0, 0.05) is 10.7 Å². The van der Waals surface area contributed by atoms with Gasteiger partial charge in [-0.25, -0.2) is 8.78 Å². The van der Waals surface area contributed by atoms with Crippen LogP contribution in [-0.4, -0.2) is 4.98 Å². The van der Waals surface area contributed by atoms with Gasteiger partial charge in [0.05, 0.1) is 16.3 Å². The van der Waals surface area contributed by atoms with Crippen molar-refractivity contribution in [2.45, 2.75) is 13.0 Å². The summed E-state index contributed by atoms with van der Waals surface area (Å²) in [6, 6.07) is 6.14. The van der Waals surface area contributed by atoms with Crippen molar-refractivity contribution in [3.8, 4) is 0 Å². The Bertz CT molecular complexity index is 780. The molecule has 0 saturated carbocycles. The fraction of sp³-hybridized carbons (Fsp3) is 0.133. The molecule has 6 heteroatoms. The molecule has 0 fully saturated rings. The van der Waals surface area contributed by atoms with Gasteiger partial charge in [-0.05, 0) is 42.1 Å². The lowest BCUT2D eigenvalue weighted by molar-refractivity contribution is 0.583. The van der Waals surface area contributed by atoms with E-state index >= 15 is 0 Å². The molecule has 1 aromatic carbocycles. The molecule has 1 atom stereocenters. The molecule has 3 rings (SSSR count). The van der Waals surface area contributed by atoms with Gasteiger partial charge in [-0.1, -0.05) is 15.9 Å². The van der Waals surface area contributed by atoms with E-state index in [-0.39, 0.29) is 11.7 Å². The van der Waals surface area contributed by atoms with Gasteiger partial charge in [0.25, 0.3) is 0 Å². The molecule has 2 heterocycles. The minimum absolute atomic E-state index is 0.128. The summed E-state index contributed by atoms with van der Waals surface area (Å²) in [6.07, 6.45) is 1.72. The summed E-state index contributed by atoms with van der Waals surface area (Å²) in [6.45, 7) is 1.84. The van der Waals surface area contributed by atoms with Crippen LogP contribution in [0.3, 0.4) is 0 Å². The predicted octanol–water partition coefficient (Wildman–Crippen LogP) is 5.51. The number of nitrogens with one attached hydrogen (secondary N) is 1. The predicted molar refractivity (Wildman–Crippen MR) is 85.7 cm³/mol. The summed E-state index contributed by atoms with van der Waals surface area (Å²) in [4.78, 5) is 4.34. The molecule has 0 bridgehead atoms. The second kappa shape index (κ2) is 5.69. The van der Waals surface area contributed by atoms with E-state index in [2.05, 4.69) is 26.2 Å². The molecule has 1 unspecified atom stereocenters. The highest BCUT2D eigenvalue weighted by atomic mass is 79.9. The van der Waals surface area contributed by atoms with Crippen LogP contribution in [0.15, 0.2) is 40.3 Å². The first-order chi connectivity index (χ1) is 10.0. The van der Waals surface area contributed by atoms with Gasteiger partial charge < -0.3 is 5.32 Å². The number of pyridine rings is 1. The number of fused-ring (bicyclic) bond motifs is 1. The lowest BCUT2D eigenvalue weighted by atomic mass is 10.1. The molecule has 0 amide bonds. The van der Waals surface area contributed by atoms with E-state index in [1.165, 1.54) is 12.1 Å². The highest BCUT2D eigenvalue weighted by Crippen LogP contribution is 2.29. The first kappa shape index (κ1) is 14.4. The van der Waals surface area contributed by atoms with Gasteiger partial charge >= 0.3 is 0 Å². The standard InChI is InChI=1S/C15H11BrF2N2S/c1-8(9-4-14-13(19-7-9)2-3-21-14)20-15-11(17)5-10(16)6-12(15)18/h2-8,20H,1H3. The zero-order valence-corrected chi connectivity index (χ0v) is 13.4. The molecule has 0 aliphatic heterocycles. The van der Waals surface area contributed by atoms with E-state index in [4.69, 9.17) is 0 Å². The molecule has 0 aliphatic rings. The van der Waals surface area contributed by atoms with E-state index < -0.39 is 11.6 Å². The van der Waals surface area contributed by atoms with Crippen LogP contribution in [0, 0.1) is 11.6 Å². The maximum atomic E-state index is 13.8. The Kier molecular flexibility index (Phi) is 3.91. The Morgan fingerprint density at radius 3 is 2.67 bits per heavy atom. The van der Waals surface area contributed by atoms with Crippen LogP contribution in [0.1, 0.15) is 18.5 Å². The van der Waals surface area contributed by atoms with Crippen LogP contribution >= 0.6 is 27.3 Å². The van der Waals surface area contributed by atoms with E-state index in [0.29, 0.717) is 4.47 Å². The zero-order chi connectivity index (χ0) is 15.0. The number of nitrogens with zero attached hydrogens (tertiary/aromatic N) is 1. The lowest BCUT2D eigenvalue weighted by Crippen LogP contribution is -2.10.